The van der Waals surface area contributed by atoms with Crippen molar-refractivity contribution in [3.8, 4) is 0 Å². The number of rotatable bonds is 9. The lowest BCUT2D eigenvalue weighted by atomic mass is 9.97. The van der Waals surface area contributed by atoms with Gasteiger partial charge >= 0.3 is 5.69 Å². The van der Waals surface area contributed by atoms with E-state index in [1.807, 2.05) is 57.2 Å². The molecule has 1 saturated heterocycles. The lowest BCUT2D eigenvalue weighted by molar-refractivity contribution is -0.107. The predicted molar refractivity (Wildman–Crippen MR) is 156 cm³/mol. The number of halogens is 1. The first-order chi connectivity index (χ1) is 17.6. The first-order valence-corrected chi connectivity index (χ1v) is 14.6. The molecule has 2 heterocycles. The molecule has 0 saturated carbocycles. The molecule has 2 aromatic carbocycles. The summed E-state index contributed by atoms with van der Waals surface area (Å²) in [5, 5.41) is 1.33. The maximum atomic E-state index is 13.5. The summed E-state index contributed by atoms with van der Waals surface area (Å²) in [6, 6.07) is 20.6. The Labute approximate surface area is 231 Å². The van der Waals surface area contributed by atoms with E-state index >= 15 is 0 Å². The van der Waals surface area contributed by atoms with Crippen LogP contribution in [0.25, 0.3) is 0 Å². The van der Waals surface area contributed by atoms with Crippen molar-refractivity contribution in [1.82, 2.24) is 15.0 Å². The van der Waals surface area contributed by atoms with Gasteiger partial charge in [0.2, 0.25) is 0 Å². The van der Waals surface area contributed by atoms with Crippen molar-refractivity contribution in [1.29, 1.82) is 0 Å². The normalized spacial score (nSPS) is 21.4. The van der Waals surface area contributed by atoms with Crippen molar-refractivity contribution >= 4 is 31.6 Å². The monoisotopic (exact) mass is 558 g/mol. The maximum absolute atomic E-state index is 13.5. The van der Waals surface area contributed by atoms with Crippen molar-refractivity contribution in [3.63, 3.8) is 0 Å². The van der Waals surface area contributed by atoms with E-state index in [9.17, 15) is 9.59 Å². The average Bonchev–Trinajstić information content (AvgIpc) is 3.23. The summed E-state index contributed by atoms with van der Waals surface area (Å²) in [5.74, 6) is 5.75. The molecule has 206 valence electrons. The van der Waals surface area contributed by atoms with Gasteiger partial charge in [0.15, 0.2) is 8.80 Å². The predicted octanol–water partition coefficient (Wildman–Crippen LogP) is 1.57. The summed E-state index contributed by atoms with van der Waals surface area (Å²) in [5.41, 5.74) is 2.05. The van der Waals surface area contributed by atoms with Crippen molar-refractivity contribution in [2.24, 2.45) is 11.8 Å². The molecule has 0 spiro atoms. The third-order valence-electron chi connectivity index (χ3n) is 7.02. The fraction of sp³-hybridized carbons (Fsp3) is 0.429. The van der Waals surface area contributed by atoms with Crippen LogP contribution in [-0.4, -0.2) is 43.2 Å². The number of hydrogen-bond acceptors (Lipinski definition) is 6. The van der Waals surface area contributed by atoms with Crippen LogP contribution < -0.4 is 32.9 Å². The van der Waals surface area contributed by atoms with E-state index in [-0.39, 0.29) is 35.6 Å². The highest BCUT2D eigenvalue weighted by Gasteiger charge is 2.54. The first kappa shape index (κ1) is 30.0. The number of aromatic amines is 1. The third-order valence-corrected chi connectivity index (χ3v) is 10.7. The van der Waals surface area contributed by atoms with Gasteiger partial charge in [-0.2, -0.15) is 0 Å². The van der Waals surface area contributed by atoms with E-state index in [0.717, 1.165) is 16.8 Å². The molecule has 0 unspecified atom stereocenters. The van der Waals surface area contributed by atoms with Gasteiger partial charge < -0.3 is 9.47 Å². The van der Waals surface area contributed by atoms with E-state index < -0.39 is 19.8 Å². The fourth-order valence-corrected chi connectivity index (χ4v) is 9.27. The van der Waals surface area contributed by atoms with Gasteiger partial charge in [-0.15, -0.1) is 12.4 Å². The van der Waals surface area contributed by atoms with Crippen molar-refractivity contribution in [3.05, 3.63) is 93.3 Å². The van der Waals surface area contributed by atoms with E-state index in [4.69, 9.17) is 15.3 Å². The highest BCUT2D eigenvalue weighted by atomic mass is 35.5. The van der Waals surface area contributed by atoms with Gasteiger partial charge in [-0.3, -0.25) is 25.6 Å². The van der Waals surface area contributed by atoms with Crippen LogP contribution in [0, 0.1) is 12.8 Å². The summed E-state index contributed by atoms with van der Waals surface area (Å²) < 4.78 is 15.0. The Balaban J connectivity index is 0.00000400. The average molecular weight is 559 g/mol. The second kappa shape index (κ2) is 12.5. The molecule has 1 aromatic heterocycles. The highest BCUT2D eigenvalue weighted by molar-refractivity contribution is 6.86. The van der Waals surface area contributed by atoms with Crippen LogP contribution in [0.3, 0.4) is 0 Å². The first-order valence-electron chi connectivity index (χ1n) is 12.8. The molecule has 3 aromatic rings. The molecule has 0 radical (unpaired) electrons. The van der Waals surface area contributed by atoms with Crippen LogP contribution in [0.4, 0.5) is 0 Å². The molecule has 10 heteroatoms. The highest BCUT2D eigenvalue weighted by Crippen LogP contribution is 2.42. The van der Waals surface area contributed by atoms with Crippen molar-refractivity contribution in [2.75, 3.05) is 13.2 Å². The summed E-state index contributed by atoms with van der Waals surface area (Å²) in [4.78, 5) is 28.4. The molecule has 0 amide bonds. The molecule has 8 nitrogen and oxygen atoms in total. The zero-order valence-electron chi connectivity index (χ0n) is 22.5. The van der Waals surface area contributed by atoms with Crippen LogP contribution >= 0.6 is 12.4 Å². The largest absolute Gasteiger partial charge is 0.373 e. The molecule has 4 rings (SSSR count). The number of hydrazine groups is 1. The maximum Gasteiger partial charge on any atom is 0.330 e. The van der Waals surface area contributed by atoms with Crippen LogP contribution in [0.15, 0.2) is 76.4 Å². The SMILES string of the molecule is Cc1cn([C@@]2([SiH](c3ccccc3)c3ccccc3)C[C@H](CCNN)[C@@H](COC(C)(C)C)O2)c(=O)[nH]c1=O.Cl. The summed E-state index contributed by atoms with van der Waals surface area (Å²) >= 11 is 0. The van der Waals surface area contributed by atoms with Gasteiger partial charge in [0.25, 0.3) is 5.56 Å². The van der Waals surface area contributed by atoms with E-state index in [2.05, 4.69) is 34.7 Å². The van der Waals surface area contributed by atoms with Crippen LogP contribution in [0.1, 0.15) is 39.2 Å². The number of ether oxygens (including phenoxy) is 2. The zero-order valence-corrected chi connectivity index (χ0v) is 24.4. The van der Waals surface area contributed by atoms with Crippen molar-refractivity contribution < 1.29 is 9.47 Å². The fourth-order valence-electron chi connectivity index (χ4n) is 5.30. The number of aromatic nitrogens is 2. The number of H-pyrrole nitrogens is 1. The Bertz CT molecular complexity index is 1260. The number of nitrogens with zero attached hydrogens (tertiary/aromatic N) is 1. The lowest BCUT2D eigenvalue weighted by Crippen LogP contribution is -2.64. The van der Waals surface area contributed by atoms with E-state index in [0.29, 0.717) is 25.1 Å². The van der Waals surface area contributed by atoms with Crippen molar-refractivity contribution in [2.45, 2.75) is 57.6 Å². The molecule has 3 atom stereocenters. The van der Waals surface area contributed by atoms with Crippen LogP contribution in [0.5, 0.6) is 0 Å². The minimum Gasteiger partial charge on any atom is -0.373 e. The number of aryl methyl sites for hydroxylation is 1. The third kappa shape index (κ3) is 6.54. The minimum absolute atomic E-state index is 0. The van der Waals surface area contributed by atoms with Gasteiger partial charge in [0.05, 0.1) is 18.3 Å². The standard InChI is InChI=1S/C28H38N4O4Si.ClH/c1-20-18-32(26(34)31-25(20)33)28(17-21(15-16-30-29)24(36-28)19-35-27(2,3)4)37(22-11-7-5-8-12-22)23-13-9-6-10-14-23;/h5-14,18,21,24,30,37H,15-17,19,29H2,1-4H3,(H,31,33,34);1H/t21-,24+,28-;/m0./s1. The molecule has 1 fully saturated rings. The zero-order chi connectivity index (χ0) is 26.6. The summed E-state index contributed by atoms with van der Waals surface area (Å²) in [6.45, 7) is 8.78. The Hall–Kier alpha value is -2.53. The second-order valence-electron chi connectivity index (χ2n) is 10.8. The Morgan fingerprint density at radius 2 is 1.68 bits per heavy atom. The van der Waals surface area contributed by atoms with Gasteiger partial charge in [-0.1, -0.05) is 71.0 Å². The topological polar surface area (TPSA) is 111 Å². The minimum atomic E-state index is -2.30. The quantitative estimate of drug-likeness (QED) is 0.209. The molecule has 4 N–H and O–H groups in total. The number of nitrogens with two attached hydrogens (primary N) is 1. The number of nitrogens with one attached hydrogen (secondary N) is 2. The molecule has 0 bridgehead atoms. The van der Waals surface area contributed by atoms with Crippen LogP contribution in [-0.2, 0) is 14.8 Å². The molecule has 0 aliphatic carbocycles. The smallest absolute Gasteiger partial charge is 0.330 e. The Morgan fingerprint density at radius 1 is 1.11 bits per heavy atom. The molecule has 1 aliphatic heterocycles. The molecular weight excluding hydrogens is 520 g/mol. The summed E-state index contributed by atoms with van der Waals surface area (Å²) in [7, 11) is -2.30. The second-order valence-corrected chi connectivity index (χ2v) is 13.9. The Morgan fingerprint density at radius 3 is 2.21 bits per heavy atom. The summed E-state index contributed by atoms with van der Waals surface area (Å²) in [6.07, 6.45) is 2.77. The lowest BCUT2D eigenvalue weighted by Gasteiger charge is -2.39. The van der Waals surface area contributed by atoms with Gasteiger partial charge in [0.1, 0.15) is 5.35 Å². The molecule has 1 aliphatic rings. The molecular formula is C28H39ClN4O4Si. The number of hydrogen-bond donors (Lipinski definition) is 3. The molecule has 38 heavy (non-hydrogen) atoms. The van der Waals surface area contributed by atoms with E-state index in [1.165, 1.54) is 0 Å². The van der Waals surface area contributed by atoms with Gasteiger partial charge in [-0.25, -0.2) is 4.79 Å². The van der Waals surface area contributed by atoms with Gasteiger partial charge in [-0.05, 0) is 46.5 Å². The van der Waals surface area contributed by atoms with Gasteiger partial charge in [0, 0.05) is 18.3 Å². The van der Waals surface area contributed by atoms with Crippen LogP contribution in [0.2, 0.25) is 0 Å². The Kier molecular flexibility index (Phi) is 9.91. The van der Waals surface area contributed by atoms with E-state index in [1.54, 1.807) is 17.7 Å². The number of benzene rings is 2.